The molecule has 3 aromatic rings. The Labute approximate surface area is 205 Å². The number of hydrogen-bond donors (Lipinski definition) is 3. The number of thioether (sulfide) groups is 1. The quantitative estimate of drug-likeness (QED) is 0.141. The van der Waals surface area contributed by atoms with Crippen molar-refractivity contribution in [3.8, 4) is 0 Å². The van der Waals surface area contributed by atoms with E-state index in [0.29, 0.717) is 17.7 Å². The lowest BCUT2D eigenvalue weighted by molar-refractivity contribution is -0.576. The van der Waals surface area contributed by atoms with Gasteiger partial charge in [-0.15, -0.1) is 11.8 Å². The molecule has 2 aliphatic heterocycles. The zero-order valence-electron chi connectivity index (χ0n) is 18.1. The standard InChI is InChI=1S/C20H18N8O5S2/c1-33-25-12(15-24-20(21)35-26-15)16(29)23-13-17(30)28-14(19(31)32)10(8-34-18(13)28)6-9-7-22-27-5-3-2-4-11(9)27/h2-5,7,13,18H,6,8H2,1H3,(H4,21,23,24,26,29,31,32)/b25-12-/t13-,18-/m1/s1. The number of amides is 2. The van der Waals surface area contributed by atoms with Crippen LogP contribution in [0.3, 0.4) is 0 Å². The number of hydrogen-bond acceptors (Lipinski definition) is 11. The van der Waals surface area contributed by atoms with Crippen LogP contribution in [0.1, 0.15) is 11.4 Å². The smallest absolute Gasteiger partial charge is 0.278 e. The topological polar surface area (TPSA) is 183 Å². The molecular formula is C20H18N8O5S2. The number of carboxylic acid groups (broad SMARTS) is 1. The fourth-order valence-corrected chi connectivity index (χ4v) is 5.81. The van der Waals surface area contributed by atoms with Crippen LogP contribution in [0.15, 0.2) is 47.0 Å². The van der Waals surface area contributed by atoms with Gasteiger partial charge in [0.1, 0.15) is 18.5 Å². The van der Waals surface area contributed by atoms with Gasteiger partial charge in [-0.2, -0.15) is 14.5 Å². The Hall–Kier alpha value is -3.98. The minimum Gasteiger partial charge on any atom is -0.543 e. The molecule has 15 heteroatoms. The first-order chi connectivity index (χ1) is 16.9. The van der Waals surface area contributed by atoms with Gasteiger partial charge in [0.05, 0.1) is 23.4 Å². The van der Waals surface area contributed by atoms with E-state index in [1.807, 2.05) is 28.9 Å². The Morgan fingerprint density at radius 3 is 3.00 bits per heavy atom. The molecule has 2 atom stereocenters. The van der Waals surface area contributed by atoms with Gasteiger partial charge in [-0.25, -0.2) is 0 Å². The molecule has 0 saturated carbocycles. The number of H-pyrrole nitrogens is 1. The summed E-state index contributed by atoms with van der Waals surface area (Å²) in [6, 6.07) is 4.70. The van der Waals surface area contributed by atoms with Crippen molar-refractivity contribution in [1.82, 2.24) is 24.7 Å². The summed E-state index contributed by atoms with van der Waals surface area (Å²) in [5, 5.41) is 20.9. The number of pyridine rings is 1. The second-order valence-corrected chi connectivity index (χ2v) is 9.50. The van der Waals surface area contributed by atoms with Gasteiger partial charge in [-0.3, -0.25) is 14.5 Å². The predicted molar refractivity (Wildman–Crippen MR) is 123 cm³/mol. The number of nitrogen functional groups attached to an aromatic ring is 1. The van der Waals surface area contributed by atoms with E-state index >= 15 is 0 Å². The molecule has 0 unspecified atom stereocenters. The lowest BCUT2D eigenvalue weighted by Crippen LogP contribution is -2.71. The van der Waals surface area contributed by atoms with Crippen molar-refractivity contribution in [3.05, 3.63) is 53.3 Å². The second kappa shape index (κ2) is 8.99. The molecule has 0 radical (unpaired) electrons. The first-order valence-corrected chi connectivity index (χ1v) is 12.1. The predicted octanol–water partition coefficient (Wildman–Crippen LogP) is -1.82. The first kappa shape index (κ1) is 22.8. The largest absolute Gasteiger partial charge is 0.543 e. The van der Waals surface area contributed by atoms with Gasteiger partial charge in [0, 0.05) is 35.8 Å². The van der Waals surface area contributed by atoms with Crippen LogP contribution in [0.2, 0.25) is 0 Å². The molecule has 0 bridgehead atoms. The van der Waals surface area contributed by atoms with E-state index in [4.69, 9.17) is 10.6 Å². The number of fused-ring (bicyclic) bond motifs is 2. The Morgan fingerprint density at radius 2 is 2.29 bits per heavy atom. The summed E-state index contributed by atoms with van der Waals surface area (Å²) >= 11 is 2.23. The number of carbonyl (C=O) groups is 3. The van der Waals surface area contributed by atoms with Crippen LogP contribution in [-0.2, 0) is 25.6 Å². The van der Waals surface area contributed by atoms with Crippen molar-refractivity contribution in [3.63, 3.8) is 0 Å². The third-order valence-corrected chi connectivity index (χ3v) is 7.43. The molecule has 5 heterocycles. The van der Waals surface area contributed by atoms with Gasteiger partial charge in [0.25, 0.3) is 11.8 Å². The molecule has 0 aliphatic carbocycles. The third-order valence-electron chi connectivity index (χ3n) is 5.55. The van der Waals surface area contributed by atoms with E-state index in [-0.39, 0.29) is 22.4 Å². The van der Waals surface area contributed by atoms with Crippen LogP contribution in [0.25, 0.3) is 5.52 Å². The number of aromatic amines is 1. The van der Waals surface area contributed by atoms with Crippen LogP contribution >= 0.6 is 23.3 Å². The highest BCUT2D eigenvalue weighted by molar-refractivity contribution is 8.00. The number of nitrogens with two attached hydrogens (primary N) is 1. The highest BCUT2D eigenvalue weighted by Gasteiger charge is 2.53. The van der Waals surface area contributed by atoms with Gasteiger partial charge in [-0.1, -0.05) is 9.67 Å². The van der Waals surface area contributed by atoms with E-state index in [2.05, 4.69) is 24.9 Å². The normalized spacial score (nSPS) is 20.0. The summed E-state index contributed by atoms with van der Waals surface area (Å²) in [7, 11) is 1.25. The number of rotatable bonds is 7. The number of β-lactam (4-membered cyclic amide) rings is 1. The molecule has 13 nitrogen and oxygen atoms in total. The molecule has 35 heavy (non-hydrogen) atoms. The number of nitrogens with zero attached hydrogens (tertiary/aromatic N) is 5. The summed E-state index contributed by atoms with van der Waals surface area (Å²) in [6.45, 7) is 0. The Kier molecular flexibility index (Phi) is 5.86. The summed E-state index contributed by atoms with van der Waals surface area (Å²) in [4.78, 5) is 47.6. The van der Waals surface area contributed by atoms with Crippen molar-refractivity contribution in [2.75, 3.05) is 18.6 Å². The van der Waals surface area contributed by atoms with Gasteiger partial charge in [0.15, 0.2) is 11.3 Å². The highest BCUT2D eigenvalue weighted by Crippen LogP contribution is 2.41. The summed E-state index contributed by atoms with van der Waals surface area (Å²) < 4.78 is 5.76. The lowest BCUT2D eigenvalue weighted by Gasteiger charge is -2.50. The van der Waals surface area contributed by atoms with Crippen molar-refractivity contribution >= 4 is 57.4 Å². The molecule has 180 valence electrons. The molecule has 0 spiro atoms. The number of aromatic nitrogens is 4. The zero-order valence-corrected chi connectivity index (χ0v) is 19.8. The number of aliphatic carboxylic acids is 1. The van der Waals surface area contributed by atoms with Gasteiger partial charge in [-0.05, 0) is 11.6 Å². The SMILES string of the molecule is CO/N=C(\C(=O)N[C@@H]1C(=O)N2C(C(=O)[O-])=C(Cc3c[nH][n+]4ccccc34)CS[C@H]12)c1nsc(N)n1. The Balaban J connectivity index is 1.37. The third kappa shape index (κ3) is 3.97. The monoisotopic (exact) mass is 514 g/mol. The first-order valence-electron chi connectivity index (χ1n) is 10.2. The van der Waals surface area contributed by atoms with E-state index in [1.54, 1.807) is 6.20 Å². The number of oxime groups is 1. The molecule has 4 N–H and O–H groups in total. The van der Waals surface area contributed by atoms with E-state index in [9.17, 15) is 19.5 Å². The van der Waals surface area contributed by atoms with Crippen molar-refractivity contribution in [2.45, 2.75) is 17.8 Å². The van der Waals surface area contributed by atoms with Crippen LogP contribution in [-0.4, -0.2) is 67.1 Å². The summed E-state index contributed by atoms with van der Waals surface area (Å²) in [6.07, 6.45) is 3.96. The van der Waals surface area contributed by atoms with Crippen molar-refractivity contribution in [1.29, 1.82) is 0 Å². The minimum absolute atomic E-state index is 0.0408. The number of carboxylic acids is 1. The van der Waals surface area contributed by atoms with Gasteiger partial charge >= 0.3 is 0 Å². The molecule has 0 aromatic carbocycles. The summed E-state index contributed by atoms with van der Waals surface area (Å²) in [5.41, 5.74) is 7.49. The Morgan fingerprint density at radius 1 is 1.46 bits per heavy atom. The van der Waals surface area contributed by atoms with E-state index < -0.39 is 29.2 Å². The zero-order chi connectivity index (χ0) is 24.7. The molecular weight excluding hydrogens is 496 g/mol. The van der Waals surface area contributed by atoms with Crippen LogP contribution in [0, 0.1) is 0 Å². The maximum Gasteiger partial charge on any atom is 0.278 e. The minimum atomic E-state index is -1.44. The number of nitrogens with one attached hydrogen (secondary N) is 2. The van der Waals surface area contributed by atoms with Crippen LogP contribution in [0.5, 0.6) is 0 Å². The molecule has 3 aromatic heterocycles. The number of carbonyl (C=O) groups excluding carboxylic acids is 3. The fraction of sp³-hybridized carbons (Fsp3) is 0.250. The van der Waals surface area contributed by atoms with Gasteiger partial charge in [0.2, 0.25) is 17.1 Å². The fourth-order valence-electron chi connectivity index (χ4n) is 4.03. The molecule has 1 fully saturated rings. The molecule has 5 rings (SSSR count). The molecule has 2 aliphatic rings. The van der Waals surface area contributed by atoms with E-state index in [1.165, 1.54) is 18.9 Å². The number of anilines is 1. The van der Waals surface area contributed by atoms with Crippen molar-refractivity contribution in [2.24, 2.45) is 5.16 Å². The maximum absolute atomic E-state index is 13.0. The lowest BCUT2D eigenvalue weighted by atomic mass is 9.99. The second-order valence-electron chi connectivity index (χ2n) is 7.61. The van der Waals surface area contributed by atoms with Crippen LogP contribution in [0.4, 0.5) is 5.13 Å². The maximum atomic E-state index is 13.0. The summed E-state index contributed by atoms with van der Waals surface area (Å²) in [5.74, 6) is -2.45. The molecule has 2 amide bonds. The average molecular weight is 515 g/mol. The average Bonchev–Trinajstić information content (AvgIpc) is 3.46. The highest BCUT2D eigenvalue weighted by atomic mass is 32.2. The van der Waals surface area contributed by atoms with E-state index in [0.717, 1.165) is 27.5 Å². The van der Waals surface area contributed by atoms with Crippen molar-refractivity contribution < 1.29 is 28.8 Å². The Bertz CT molecular complexity index is 1410. The van der Waals surface area contributed by atoms with Gasteiger partial charge < -0.3 is 25.8 Å². The molecule has 1 saturated heterocycles. The van der Waals surface area contributed by atoms with Crippen LogP contribution < -0.4 is 20.7 Å².